The second kappa shape index (κ2) is 13.2. The van der Waals surface area contributed by atoms with Gasteiger partial charge < -0.3 is 34.5 Å². The van der Waals surface area contributed by atoms with Gasteiger partial charge in [0.15, 0.2) is 5.96 Å². The lowest BCUT2D eigenvalue weighted by Gasteiger charge is -2.22. The first kappa shape index (κ1) is 26.7. The molecule has 0 bridgehead atoms. The van der Waals surface area contributed by atoms with Crippen molar-refractivity contribution in [1.82, 2.24) is 10.6 Å². The minimum Gasteiger partial charge on any atom is -0.497 e. The highest BCUT2D eigenvalue weighted by atomic mass is 127. The number of aliphatic imine (C=N–C) groups is 1. The Morgan fingerprint density at radius 1 is 1.00 bits per heavy atom. The fourth-order valence-corrected chi connectivity index (χ4v) is 3.64. The van der Waals surface area contributed by atoms with Crippen LogP contribution >= 0.6 is 24.0 Å². The number of anilines is 1. The number of halogens is 1. The second-order valence-electron chi connectivity index (χ2n) is 7.70. The molecule has 1 aliphatic heterocycles. The molecule has 0 spiro atoms. The van der Waals surface area contributed by atoms with Crippen LogP contribution in [0.3, 0.4) is 0 Å². The second-order valence-corrected chi connectivity index (χ2v) is 7.70. The lowest BCUT2D eigenvalue weighted by atomic mass is 10.2. The highest BCUT2D eigenvalue weighted by Crippen LogP contribution is 2.30. The molecule has 0 aromatic heterocycles. The van der Waals surface area contributed by atoms with E-state index in [1.165, 1.54) is 0 Å². The van der Waals surface area contributed by atoms with Gasteiger partial charge in [-0.05, 0) is 37.6 Å². The molecule has 0 amide bonds. The Labute approximate surface area is 213 Å². The van der Waals surface area contributed by atoms with Crippen LogP contribution in [0.25, 0.3) is 0 Å². The number of ether oxygens (including phenoxy) is 4. The standard InChI is InChI=1S/C24H34N4O4.HI/c1-17(32-21-8-6-20(29-3)7-9-21)15-26-24(25-2)27-18-10-11-28(16-18)19-12-22(30-4)14-23(13-19)31-5;/h6-9,12-14,17-18H,10-11,15-16H2,1-5H3,(H2,25,26,27);1H. The number of benzene rings is 2. The maximum absolute atomic E-state index is 5.96. The van der Waals surface area contributed by atoms with E-state index in [4.69, 9.17) is 18.9 Å². The van der Waals surface area contributed by atoms with E-state index in [0.717, 1.165) is 54.2 Å². The monoisotopic (exact) mass is 570 g/mol. The van der Waals surface area contributed by atoms with Gasteiger partial charge in [-0.15, -0.1) is 24.0 Å². The summed E-state index contributed by atoms with van der Waals surface area (Å²) in [5, 5.41) is 6.88. The van der Waals surface area contributed by atoms with Crippen LogP contribution in [0.5, 0.6) is 23.0 Å². The molecular formula is C24H35IN4O4. The minimum absolute atomic E-state index is 0. The smallest absolute Gasteiger partial charge is 0.191 e. The largest absolute Gasteiger partial charge is 0.497 e. The number of nitrogens with zero attached hydrogens (tertiary/aromatic N) is 2. The first-order valence-corrected chi connectivity index (χ1v) is 10.8. The van der Waals surface area contributed by atoms with Crippen molar-refractivity contribution < 1.29 is 18.9 Å². The van der Waals surface area contributed by atoms with Crippen LogP contribution in [0.15, 0.2) is 47.5 Å². The lowest BCUT2D eigenvalue weighted by Crippen LogP contribution is -2.47. The normalized spacial score (nSPS) is 16.5. The third-order valence-electron chi connectivity index (χ3n) is 5.41. The summed E-state index contributed by atoms with van der Waals surface area (Å²) in [7, 11) is 6.77. The molecule has 2 atom stereocenters. The van der Waals surface area contributed by atoms with Gasteiger partial charge in [-0.1, -0.05) is 0 Å². The maximum atomic E-state index is 5.96. The molecule has 2 N–H and O–H groups in total. The van der Waals surface area contributed by atoms with E-state index in [9.17, 15) is 0 Å². The van der Waals surface area contributed by atoms with Crippen molar-refractivity contribution in [3.8, 4) is 23.0 Å². The van der Waals surface area contributed by atoms with Crippen molar-refractivity contribution >= 4 is 35.6 Å². The zero-order valence-corrected chi connectivity index (χ0v) is 22.3. The fourth-order valence-electron chi connectivity index (χ4n) is 3.64. The van der Waals surface area contributed by atoms with Crippen LogP contribution in [-0.2, 0) is 0 Å². The third kappa shape index (κ3) is 7.76. The summed E-state index contributed by atoms with van der Waals surface area (Å²) in [6, 6.07) is 13.8. The SMILES string of the molecule is CN=C(NCC(C)Oc1ccc(OC)cc1)NC1CCN(c2cc(OC)cc(OC)c2)C1.I. The third-order valence-corrected chi connectivity index (χ3v) is 5.41. The summed E-state index contributed by atoms with van der Waals surface area (Å²) >= 11 is 0. The number of hydrogen-bond donors (Lipinski definition) is 2. The van der Waals surface area contributed by atoms with Crippen LogP contribution in [0, 0.1) is 0 Å². The molecule has 1 heterocycles. The molecule has 0 radical (unpaired) electrons. The Kier molecular flexibility index (Phi) is 10.7. The molecule has 9 heteroatoms. The van der Waals surface area contributed by atoms with Crippen LogP contribution in [0.2, 0.25) is 0 Å². The highest BCUT2D eigenvalue weighted by Gasteiger charge is 2.24. The molecule has 33 heavy (non-hydrogen) atoms. The Balaban J connectivity index is 0.00000385. The summed E-state index contributed by atoms with van der Waals surface area (Å²) in [6.07, 6.45) is 0.990. The van der Waals surface area contributed by atoms with E-state index < -0.39 is 0 Å². The summed E-state index contributed by atoms with van der Waals surface area (Å²) in [4.78, 5) is 6.69. The first-order valence-electron chi connectivity index (χ1n) is 10.8. The van der Waals surface area contributed by atoms with Gasteiger partial charge in [-0.3, -0.25) is 4.99 Å². The number of nitrogens with one attached hydrogen (secondary N) is 2. The molecule has 182 valence electrons. The minimum atomic E-state index is -0.0220. The van der Waals surface area contributed by atoms with E-state index in [-0.39, 0.29) is 36.1 Å². The van der Waals surface area contributed by atoms with Crippen molar-refractivity contribution in [3.05, 3.63) is 42.5 Å². The van der Waals surface area contributed by atoms with E-state index in [1.807, 2.05) is 49.4 Å². The van der Waals surface area contributed by atoms with E-state index in [1.54, 1.807) is 28.4 Å². The maximum Gasteiger partial charge on any atom is 0.191 e. The predicted octanol–water partition coefficient (Wildman–Crippen LogP) is 3.54. The van der Waals surface area contributed by atoms with Crippen LogP contribution in [0.1, 0.15) is 13.3 Å². The van der Waals surface area contributed by atoms with Gasteiger partial charge in [-0.2, -0.15) is 0 Å². The topological polar surface area (TPSA) is 76.6 Å². The Hall–Kier alpha value is -2.56. The molecule has 1 saturated heterocycles. The van der Waals surface area contributed by atoms with E-state index in [0.29, 0.717) is 6.54 Å². The van der Waals surface area contributed by atoms with Crippen molar-refractivity contribution in [2.75, 3.05) is 52.9 Å². The van der Waals surface area contributed by atoms with Crippen LogP contribution in [-0.4, -0.2) is 66.1 Å². The zero-order chi connectivity index (χ0) is 22.9. The zero-order valence-electron chi connectivity index (χ0n) is 20.0. The van der Waals surface area contributed by atoms with Gasteiger partial charge >= 0.3 is 0 Å². The number of guanidine groups is 1. The quantitative estimate of drug-likeness (QED) is 0.272. The molecule has 1 aliphatic rings. The summed E-state index contributed by atoms with van der Waals surface area (Å²) in [5.74, 6) is 3.97. The van der Waals surface area contributed by atoms with Crippen LogP contribution in [0.4, 0.5) is 5.69 Å². The number of hydrogen-bond acceptors (Lipinski definition) is 6. The molecule has 2 unspecified atom stereocenters. The predicted molar refractivity (Wildman–Crippen MR) is 143 cm³/mol. The van der Waals surface area contributed by atoms with Crippen molar-refractivity contribution in [2.45, 2.75) is 25.5 Å². The van der Waals surface area contributed by atoms with Gasteiger partial charge in [0.05, 0.1) is 27.9 Å². The van der Waals surface area contributed by atoms with Crippen molar-refractivity contribution in [2.24, 2.45) is 4.99 Å². The molecule has 2 aromatic rings. The average Bonchev–Trinajstić information content (AvgIpc) is 3.30. The fraction of sp³-hybridized carbons (Fsp3) is 0.458. The molecule has 0 aliphatic carbocycles. The van der Waals surface area contributed by atoms with Gasteiger partial charge in [0, 0.05) is 50.1 Å². The van der Waals surface area contributed by atoms with Crippen molar-refractivity contribution in [1.29, 1.82) is 0 Å². The van der Waals surface area contributed by atoms with Crippen LogP contribution < -0.4 is 34.5 Å². The summed E-state index contributed by atoms with van der Waals surface area (Å²) in [5.41, 5.74) is 1.09. The van der Waals surface area contributed by atoms with Gasteiger partial charge in [0.25, 0.3) is 0 Å². The first-order chi connectivity index (χ1) is 15.5. The molecule has 1 fully saturated rings. The summed E-state index contributed by atoms with van der Waals surface area (Å²) < 4.78 is 22.0. The molecule has 8 nitrogen and oxygen atoms in total. The van der Waals surface area contributed by atoms with Gasteiger partial charge in [-0.25, -0.2) is 0 Å². The Morgan fingerprint density at radius 3 is 2.18 bits per heavy atom. The molecule has 3 rings (SSSR count). The van der Waals surface area contributed by atoms with Gasteiger partial charge in [0.2, 0.25) is 0 Å². The lowest BCUT2D eigenvalue weighted by molar-refractivity contribution is 0.223. The van der Waals surface area contributed by atoms with E-state index in [2.05, 4.69) is 20.5 Å². The average molecular weight is 570 g/mol. The Bertz CT molecular complexity index is 872. The van der Waals surface area contributed by atoms with Gasteiger partial charge in [0.1, 0.15) is 29.1 Å². The molecule has 2 aromatic carbocycles. The highest BCUT2D eigenvalue weighted by molar-refractivity contribution is 14.0. The van der Waals surface area contributed by atoms with Crippen molar-refractivity contribution in [3.63, 3.8) is 0 Å². The number of rotatable bonds is 9. The molecular weight excluding hydrogens is 535 g/mol. The molecule has 0 saturated carbocycles. The van der Waals surface area contributed by atoms with E-state index >= 15 is 0 Å². The number of methoxy groups -OCH3 is 3. The Morgan fingerprint density at radius 2 is 1.61 bits per heavy atom. The summed E-state index contributed by atoms with van der Waals surface area (Å²) in [6.45, 7) is 4.48.